The van der Waals surface area contributed by atoms with E-state index in [2.05, 4.69) is 15.3 Å². The first-order valence-corrected chi connectivity index (χ1v) is 11.0. The van der Waals surface area contributed by atoms with Crippen LogP contribution in [-0.2, 0) is 5.75 Å². The number of rotatable bonds is 5. The molecule has 0 unspecified atom stereocenters. The van der Waals surface area contributed by atoms with Gasteiger partial charge in [-0.05, 0) is 57.1 Å². The second-order valence-corrected chi connectivity index (χ2v) is 9.09. The molecule has 0 aliphatic heterocycles. The quantitative estimate of drug-likeness (QED) is 0.698. The number of nitrogens with one attached hydrogen (secondary N) is 2. The van der Waals surface area contributed by atoms with Crippen molar-refractivity contribution in [1.29, 1.82) is 0 Å². The summed E-state index contributed by atoms with van der Waals surface area (Å²) in [7, 11) is 0. The molecule has 2 aromatic rings. The molecule has 2 aliphatic carbocycles. The molecule has 0 radical (unpaired) electrons. The summed E-state index contributed by atoms with van der Waals surface area (Å²) < 4.78 is 28.4. The number of H-pyrrole nitrogens is 1. The summed E-state index contributed by atoms with van der Waals surface area (Å²) in [6.45, 7) is 0. The third-order valence-corrected chi connectivity index (χ3v) is 7.08. The molecule has 4 rings (SSSR count). The lowest BCUT2D eigenvalue weighted by molar-refractivity contribution is 0.132. The Kier molecular flexibility index (Phi) is 5.87. The molecule has 2 saturated carbocycles. The zero-order valence-electron chi connectivity index (χ0n) is 15.6. The van der Waals surface area contributed by atoms with Crippen molar-refractivity contribution in [2.45, 2.75) is 74.3 Å². The maximum Gasteiger partial charge on any atom is 0.261 e. The lowest BCUT2D eigenvalue weighted by Crippen LogP contribution is -2.25. The molecule has 5 nitrogen and oxygen atoms in total. The van der Waals surface area contributed by atoms with Crippen LogP contribution in [0.1, 0.15) is 50.8 Å². The maximum absolute atomic E-state index is 14.5. The standard InChI is InChI=1S/C20H25F2N3O2S/c21-14-2-1-3-16(14)23-11-8-15(22)19-17(9-11)24-18(25-20(19)27)10-28-13-6-4-12(26)5-7-13/h8-9,12-14,16,23,26H,1-7,10H2,(H,24,25,27)/t12-,13-,14-,16-/m0/s1. The minimum atomic E-state index is -0.938. The van der Waals surface area contributed by atoms with Gasteiger partial charge < -0.3 is 15.4 Å². The van der Waals surface area contributed by atoms with Crippen molar-refractivity contribution in [1.82, 2.24) is 9.97 Å². The monoisotopic (exact) mass is 409 g/mol. The number of aliphatic hydroxyl groups is 1. The Balaban J connectivity index is 1.53. The van der Waals surface area contributed by atoms with Crippen LogP contribution in [0.3, 0.4) is 0 Å². The highest BCUT2D eigenvalue weighted by Gasteiger charge is 2.27. The van der Waals surface area contributed by atoms with Gasteiger partial charge in [0.25, 0.3) is 5.56 Å². The topological polar surface area (TPSA) is 78.0 Å². The predicted octanol–water partition coefficient (Wildman–Crippen LogP) is 3.90. The van der Waals surface area contributed by atoms with Crippen LogP contribution in [0.2, 0.25) is 0 Å². The van der Waals surface area contributed by atoms with Crippen molar-refractivity contribution < 1.29 is 13.9 Å². The minimum absolute atomic E-state index is 0.0664. The lowest BCUT2D eigenvalue weighted by Gasteiger charge is -2.24. The van der Waals surface area contributed by atoms with E-state index in [-0.39, 0.29) is 23.0 Å². The smallest absolute Gasteiger partial charge is 0.261 e. The highest BCUT2D eigenvalue weighted by Crippen LogP contribution is 2.31. The minimum Gasteiger partial charge on any atom is -0.393 e. The van der Waals surface area contributed by atoms with Gasteiger partial charge in [-0.2, -0.15) is 11.8 Å². The number of nitrogens with zero attached hydrogens (tertiary/aromatic N) is 1. The van der Waals surface area contributed by atoms with E-state index in [1.807, 2.05) is 0 Å². The Morgan fingerprint density at radius 1 is 1.21 bits per heavy atom. The molecule has 3 N–H and O–H groups in total. The fourth-order valence-corrected chi connectivity index (χ4v) is 5.26. The van der Waals surface area contributed by atoms with Gasteiger partial charge in [-0.25, -0.2) is 13.8 Å². The van der Waals surface area contributed by atoms with Gasteiger partial charge in [-0.1, -0.05) is 0 Å². The summed E-state index contributed by atoms with van der Waals surface area (Å²) in [6.07, 6.45) is 4.39. The summed E-state index contributed by atoms with van der Waals surface area (Å²) >= 11 is 1.70. The third kappa shape index (κ3) is 4.33. The van der Waals surface area contributed by atoms with Gasteiger partial charge in [0, 0.05) is 10.9 Å². The summed E-state index contributed by atoms with van der Waals surface area (Å²) in [5.41, 5.74) is 0.250. The third-order valence-electron chi connectivity index (χ3n) is 5.69. The molecule has 0 saturated heterocycles. The van der Waals surface area contributed by atoms with E-state index in [9.17, 15) is 18.7 Å². The summed E-state index contributed by atoms with van der Waals surface area (Å²) in [5, 5.41) is 13.0. The molecule has 0 amide bonds. The van der Waals surface area contributed by atoms with Gasteiger partial charge in [0.1, 0.15) is 23.2 Å². The fourth-order valence-electron chi connectivity index (χ4n) is 4.12. The molecule has 1 heterocycles. The molecular formula is C20H25F2N3O2S. The Hall–Kier alpha value is -1.67. The fraction of sp³-hybridized carbons (Fsp3) is 0.600. The Labute approximate surface area is 166 Å². The first-order chi connectivity index (χ1) is 13.5. The number of alkyl halides is 1. The van der Waals surface area contributed by atoms with E-state index < -0.39 is 17.5 Å². The maximum atomic E-state index is 14.5. The van der Waals surface area contributed by atoms with E-state index in [0.29, 0.717) is 35.4 Å². The number of thioether (sulfide) groups is 1. The zero-order valence-corrected chi connectivity index (χ0v) is 16.4. The van der Waals surface area contributed by atoms with E-state index in [1.165, 1.54) is 6.07 Å². The first-order valence-electron chi connectivity index (χ1n) is 9.92. The SMILES string of the molecule is O=c1[nH]c(CS[C@H]2CC[C@H](O)CC2)nc2cc(N[C@H]3CCC[C@@H]3F)cc(F)c12. The van der Waals surface area contributed by atoms with Crippen molar-refractivity contribution in [3.05, 3.63) is 34.1 Å². The van der Waals surface area contributed by atoms with Gasteiger partial charge in [-0.3, -0.25) is 4.79 Å². The predicted molar refractivity (Wildman–Crippen MR) is 108 cm³/mol. The van der Waals surface area contributed by atoms with Crippen LogP contribution in [0.15, 0.2) is 16.9 Å². The van der Waals surface area contributed by atoms with Gasteiger partial charge in [-0.15, -0.1) is 0 Å². The van der Waals surface area contributed by atoms with Crippen LogP contribution < -0.4 is 10.9 Å². The van der Waals surface area contributed by atoms with Crippen LogP contribution >= 0.6 is 11.8 Å². The van der Waals surface area contributed by atoms with Crippen molar-refractivity contribution in [2.75, 3.05) is 5.32 Å². The average molecular weight is 410 g/mol. The van der Waals surface area contributed by atoms with Crippen molar-refractivity contribution in [2.24, 2.45) is 0 Å². The zero-order chi connectivity index (χ0) is 19.7. The van der Waals surface area contributed by atoms with Crippen LogP contribution in [0, 0.1) is 5.82 Å². The Bertz CT molecular complexity index is 899. The molecule has 0 bridgehead atoms. The number of aliphatic hydroxyl groups excluding tert-OH is 1. The number of anilines is 1. The highest BCUT2D eigenvalue weighted by atomic mass is 32.2. The van der Waals surface area contributed by atoms with Crippen molar-refractivity contribution in [3.8, 4) is 0 Å². The van der Waals surface area contributed by atoms with Gasteiger partial charge in [0.15, 0.2) is 0 Å². The Morgan fingerprint density at radius 3 is 2.71 bits per heavy atom. The summed E-state index contributed by atoms with van der Waals surface area (Å²) in [5.74, 6) is 0.387. The lowest BCUT2D eigenvalue weighted by atomic mass is 9.97. The van der Waals surface area contributed by atoms with E-state index in [0.717, 1.165) is 32.1 Å². The van der Waals surface area contributed by atoms with Gasteiger partial charge in [0.2, 0.25) is 0 Å². The number of hydrogen-bond acceptors (Lipinski definition) is 5. The first kappa shape index (κ1) is 19.6. The van der Waals surface area contributed by atoms with Gasteiger partial charge >= 0.3 is 0 Å². The number of hydrogen-bond donors (Lipinski definition) is 3. The molecule has 2 atom stereocenters. The summed E-state index contributed by atoms with van der Waals surface area (Å²) in [4.78, 5) is 19.5. The molecule has 2 aliphatic rings. The van der Waals surface area contributed by atoms with Crippen molar-refractivity contribution in [3.63, 3.8) is 0 Å². The number of fused-ring (bicyclic) bond motifs is 1. The number of benzene rings is 1. The Morgan fingerprint density at radius 2 is 2.00 bits per heavy atom. The average Bonchev–Trinajstić information content (AvgIpc) is 3.05. The largest absolute Gasteiger partial charge is 0.393 e. The van der Waals surface area contributed by atoms with Crippen LogP contribution in [0.5, 0.6) is 0 Å². The summed E-state index contributed by atoms with van der Waals surface area (Å²) in [6, 6.07) is 2.55. The second kappa shape index (κ2) is 8.37. The molecule has 1 aromatic heterocycles. The molecule has 8 heteroatoms. The molecule has 1 aromatic carbocycles. The van der Waals surface area contributed by atoms with E-state index >= 15 is 0 Å². The molecule has 152 valence electrons. The highest BCUT2D eigenvalue weighted by molar-refractivity contribution is 7.99. The van der Waals surface area contributed by atoms with Crippen LogP contribution in [0.25, 0.3) is 10.9 Å². The second-order valence-electron chi connectivity index (χ2n) is 7.80. The van der Waals surface area contributed by atoms with Crippen LogP contribution in [0.4, 0.5) is 14.5 Å². The number of halogens is 2. The van der Waals surface area contributed by atoms with Crippen LogP contribution in [-0.4, -0.2) is 38.6 Å². The molecule has 28 heavy (non-hydrogen) atoms. The number of aromatic nitrogens is 2. The van der Waals surface area contributed by atoms with Gasteiger partial charge in [0.05, 0.1) is 23.4 Å². The number of aromatic amines is 1. The van der Waals surface area contributed by atoms with E-state index in [4.69, 9.17) is 0 Å². The van der Waals surface area contributed by atoms with E-state index in [1.54, 1.807) is 17.8 Å². The molecule has 2 fully saturated rings. The normalized spacial score (nSPS) is 28.0. The van der Waals surface area contributed by atoms with Crippen molar-refractivity contribution >= 4 is 28.4 Å². The molecule has 0 spiro atoms. The molecular weight excluding hydrogens is 384 g/mol.